The van der Waals surface area contributed by atoms with Crippen molar-refractivity contribution in [3.8, 4) is 0 Å². The van der Waals surface area contributed by atoms with E-state index in [0.29, 0.717) is 5.88 Å². The fourth-order valence-corrected chi connectivity index (χ4v) is 1.60. The number of hydrogen-bond donors (Lipinski definition) is 0. The third-order valence-corrected chi connectivity index (χ3v) is 2.17. The van der Waals surface area contributed by atoms with Crippen molar-refractivity contribution in [1.29, 1.82) is 0 Å². The van der Waals surface area contributed by atoms with Gasteiger partial charge in [0.1, 0.15) is 0 Å². The topological polar surface area (TPSA) is 0 Å². The highest BCUT2D eigenvalue weighted by Gasteiger charge is 2.19. The monoisotopic (exact) mass is 165 g/mol. The molecule has 0 heterocycles. The van der Waals surface area contributed by atoms with Gasteiger partial charge < -0.3 is 0 Å². The van der Waals surface area contributed by atoms with Crippen LogP contribution >= 0.6 is 11.6 Å². The predicted molar refractivity (Wildman–Crippen MR) is 43.9 cm³/mol. The summed E-state index contributed by atoms with van der Waals surface area (Å²) in [6.07, 6.45) is 0. The molecule has 0 nitrogen and oxygen atoms in total. The third-order valence-electron chi connectivity index (χ3n) is 1.84. The zero-order valence-corrected chi connectivity index (χ0v) is 7.58. The van der Waals surface area contributed by atoms with Crippen LogP contribution in [0.3, 0.4) is 0 Å². The van der Waals surface area contributed by atoms with E-state index in [1.165, 1.54) is 5.92 Å². The van der Waals surface area contributed by atoms with E-state index in [0.717, 1.165) is 0 Å². The Balaban J connectivity index is 3.80. The van der Waals surface area contributed by atoms with Gasteiger partial charge in [0.25, 0.3) is 0 Å². The number of alkyl halides is 2. The zero-order valence-electron chi connectivity index (χ0n) is 6.82. The van der Waals surface area contributed by atoms with E-state index < -0.39 is 0 Å². The van der Waals surface area contributed by atoms with E-state index in [1.54, 1.807) is 0 Å². The molecule has 2 unspecified atom stereocenters. The molecule has 0 N–H and O–H groups in total. The highest BCUT2D eigenvalue weighted by molar-refractivity contribution is 6.18. The smallest absolute Gasteiger partial charge is 0.0923 e. The zero-order chi connectivity index (χ0) is 8.15. The van der Waals surface area contributed by atoms with E-state index in [9.17, 15) is 4.39 Å². The molecule has 0 bridgehead atoms. The summed E-state index contributed by atoms with van der Waals surface area (Å²) < 4.78 is 12.1. The van der Waals surface area contributed by atoms with Gasteiger partial charge in [0.15, 0.2) is 0 Å². The summed E-state index contributed by atoms with van der Waals surface area (Å²) in [5.74, 6) is 2.07. The van der Waals surface area contributed by atoms with E-state index in [1.807, 2.05) is 20.8 Å². The Bertz CT molecular complexity index is 83.3. The van der Waals surface area contributed by atoms with Crippen LogP contribution in [-0.2, 0) is 0 Å². The Morgan fingerprint density at radius 3 is 2.10 bits per heavy atom. The first-order valence-corrected chi connectivity index (χ1v) is 4.08. The Hall–Kier alpha value is 0.220. The van der Waals surface area contributed by atoms with Crippen molar-refractivity contribution >= 4 is 11.6 Å². The molecule has 0 spiro atoms. The van der Waals surface area contributed by atoms with Crippen LogP contribution in [-0.4, -0.2) is 12.6 Å². The van der Waals surface area contributed by atoms with Crippen molar-refractivity contribution in [3.63, 3.8) is 0 Å². The number of halogens is 2. The molecule has 2 heteroatoms. The molecule has 1 radical (unpaired) electrons. The SMILES string of the molecule is C[C](C)C(CCl)C(C)CF. The molecule has 10 heavy (non-hydrogen) atoms. The lowest BCUT2D eigenvalue weighted by atomic mass is 9.87. The number of rotatable bonds is 4. The van der Waals surface area contributed by atoms with Crippen LogP contribution < -0.4 is 0 Å². The van der Waals surface area contributed by atoms with Crippen LogP contribution in [0.5, 0.6) is 0 Å². The first-order valence-electron chi connectivity index (χ1n) is 3.55. The molecule has 61 valence electrons. The first-order chi connectivity index (χ1) is 4.63. The van der Waals surface area contributed by atoms with E-state index in [-0.39, 0.29) is 18.5 Å². The fraction of sp³-hybridized carbons (Fsp3) is 0.875. The summed E-state index contributed by atoms with van der Waals surface area (Å²) >= 11 is 5.65. The standard InChI is InChI=1S/C8H15ClF/c1-6(2)8(4-9)7(3)5-10/h7-8H,4-5H2,1-3H3. The van der Waals surface area contributed by atoms with Gasteiger partial charge in [0.05, 0.1) is 6.67 Å². The molecule has 0 aliphatic rings. The lowest BCUT2D eigenvalue weighted by Gasteiger charge is -2.22. The first kappa shape index (κ1) is 10.2. The molecule has 0 aliphatic heterocycles. The third kappa shape index (κ3) is 2.87. The summed E-state index contributed by atoms with van der Waals surface area (Å²) in [4.78, 5) is 0. The minimum absolute atomic E-state index is 0.0718. The fourth-order valence-electron chi connectivity index (χ4n) is 0.983. The molecule has 0 aromatic heterocycles. The van der Waals surface area contributed by atoms with Crippen molar-refractivity contribution in [2.75, 3.05) is 12.6 Å². The average Bonchev–Trinajstić information content (AvgIpc) is 1.88. The second-order valence-electron chi connectivity index (χ2n) is 2.97. The summed E-state index contributed by atoms with van der Waals surface area (Å²) in [6, 6.07) is 0. The van der Waals surface area contributed by atoms with Crippen LogP contribution in [0.4, 0.5) is 4.39 Å². The molecule has 0 aliphatic carbocycles. The molecule has 0 saturated heterocycles. The van der Waals surface area contributed by atoms with Gasteiger partial charge in [-0.25, -0.2) is 0 Å². The Morgan fingerprint density at radius 1 is 1.50 bits per heavy atom. The molecule has 0 aromatic carbocycles. The van der Waals surface area contributed by atoms with Crippen molar-refractivity contribution < 1.29 is 4.39 Å². The van der Waals surface area contributed by atoms with Crippen LogP contribution in [0, 0.1) is 17.8 Å². The van der Waals surface area contributed by atoms with E-state index in [4.69, 9.17) is 11.6 Å². The minimum Gasteiger partial charge on any atom is -0.251 e. The van der Waals surface area contributed by atoms with Crippen LogP contribution in [0.2, 0.25) is 0 Å². The van der Waals surface area contributed by atoms with Gasteiger partial charge in [-0.2, -0.15) is 0 Å². The van der Waals surface area contributed by atoms with Crippen LogP contribution in [0.25, 0.3) is 0 Å². The lowest BCUT2D eigenvalue weighted by molar-refractivity contribution is 0.307. The predicted octanol–water partition coefficient (Wildman–Crippen LogP) is 3.06. The van der Waals surface area contributed by atoms with E-state index >= 15 is 0 Å². The maximum atomic E-state index is 12.1. The Labute approximate surface area is 67.8 Å². The van der Waals surface area contributed by atoms with Crippen LogP contribution in [0.1, 0.15) is 20.8 Å². The molecule has 0 rings (SSSR count). The highest BCUT2D eigenvalue weighted by atomic mass is 35.5. The van der Waals surface area contributed by atoms with Gasteiger partial charge >= 0.3 is 0 Å². The number of hydrogen-bond acceptors (Lipinski definition) is 0. The molecular formula is C8H15ClF. The van der Waals surface area contributed by atoms with Crippen LogP contribution in [0.15, 0.2) is 0 Å². The normalized spacial score (nSPS) is 17.4. The van der Waals surface area contributed by atoms with Gasteiger partial charge in [0.2, 0.25) is 0 Å². The second-order valence-corrected chi connectivity index (χ2v) is 3.28. The van der Waals surface area contributed by atoms with Gasteiger partial charge in [-0.3, -0.25) is 4.39 Å². The van der Waals surface area contributed by atoms with Gasteiger partial charge in [-0.05, 0) is 17.8 Å². The van der Waals surface area contributed by atoms with Gasteiger partial charge in [-0.15, -0.1) is 11.6 Å². The average molecular weight is 166 g/mol. The Morgan fingerprint density at radius 2 is 2.00 bits per heavy atom. The van der Waals surface area contributed by atoms with Crippen molar-refractivity contribution in [1.82, 2.24) is 0 Å². The summed E-state index contributed by atoms with van der Waals surface area (Å²) in [5, 5.41) is 0. The maximum Gasteiger partial charge on any atom is 0.0923 e. The molecule has 2 atom stereocenters. The van der Waals surface area contributed by atoms with Crippen molar-refractivity contribution in [2.24, 2.45) is 11.8 Å². The second kappa shape index (κ2) is 4.95. The molecule has 0 aromatic rings. The van der Waals surface area contributed by atoms with Gasteiger partial charge in [-0.1, -0.05) is 20.8 Å². The largest absolute Gasteiger partial charge is 0.251 e. The van der Waals surface area contributed by atoms with E-state index in [2.05, 4.69) is 0 Å². The quantitative estimate of drug-likeness (QED) is 0.562. The minimum atomic E-state index is -0.275. The lowest BCUT2D eigenvalue weighted by Crippen LogP contribution is -2.19. The molecular weight excluding hydrogens is 151 g/mol. The van der Waals surface area contributed by atoms with Gasteiger partial charge in [0, 0.05) is 5.88 Å². The van der Waals surface area contributed by atoms with Crippen molar-refractivity contribution in [2.45, 2.75) is 20.8 Å². The summed E-state index contributed by atoms with van der Waals surface area (Å²) in [5.41, 5.74) is 0. The highest BCUT2D eigenvalue weighted by Crippen LogP contribution is 2.23. The molecule has 0 saturated carbocycles. The molecule has 0 fully saturated rings. The molecule has 0 amide bonds. The summed E-state index contributed by atoms with van der Waals surface area (Å²) in [6.45, 7) is 5.61. The summed E-state index contributed by atoms with van der Waals surface area (Å²) in [7, 11) is 0. The van der Waals surface area contributed by atoms with Crippen molar-refractivity contribution in [3.05, 3.63) is 5.92 Å². The Kier molecular flexibility index (Phi) is 5.06. The maximum absolute atomic E-state index is 12.1.